The molecule has 0 saturated heterocycles. The average molecular weight is 264 g/mol. The Balaban J connectivity index is -0.000000201. The van der Waals surface area contributed by atoms with Gasteiger partial charge in [0.05, 0.1) is 31.8 Å². The quantitative estimate of drug-likeness (QED) is 0.251. The van der Waals surface area contributed by atoms with Crippen LogP contribution in [0.25, 0.3) is 0 Å². The second-order valence-electron chi connectivity index (χ2n) is 2.72. The van der Waals surface area contributed by atoms with Gasteiger partial charge in [0, 0.05) is 6.61 Å². The van der Waals surface area contributed by atoms with E-state index in [0.717, 1.165) is 0 Å². The van der Waals surface area contributed by atoms with Crippen LogP contribution >= 0.6 is 8.60 Å². The normalized spacial score (nSPS) is 10.1. The Labute approximate surface area is 95.1 Å². The van der Waals surface area contributed by atoms with Crippen molar-refractivity contribution in [1.82, 2.24) is 0 Å². The van der Waals surface area contributed by atoms with Crippen LogP contribution in [0.4, 0.5) is 0 Å². The lowest BCUT2D eigenvalue weighted by Gasteiger charge is -2.23. The SMILES string of the molecule is CCO.OCC(CO)(CO)CO.OP(O)O. The van der Waals surface area contributed by atoms with Crippen molar-refractivity contribution in [2.24, 2.45) is 5.41 Å². The molecule has 0 aromatic carbocycles. The van der Waals surface area contributed by atoms with Crippen LogP contribution < -0.4 is 0 Å². The maximum Gasteiger partial charge on any atom is 0.324 e. The number of aliphatic hydroxyl groups is 5. The predicted octanol–water partition coefficient (Wildman–Crippen LogP) is -2.87. The van der Waals surface area contributed by atoms with Crippen molar-refractivity contribution in [2.75, 3.05) is 33.0 Å². The van der Waals surface area contributed by atoms with Crippen molar-refractivity contribution in [1.29, 1.82) is 0 Å². The van der Waals surface area contributed by atoms with E-state index in [4.69, 9.17) is 40.2 Å². The summed E-state index contributed by atoms with van der Waals surface area (Å²) in [5, 5.41) is 41.6. The Morgan fingerprint density at radius 1 is 0.750 bits per heavy atom. The van der Waals surface area contributed by atoms with Crippen LogP contribution in [-0.4, -0.2) is 73.2 Å². The van der Waals surface area contributed by atoms with Gasteiger partial charge < -0.3 is 40.2 Å². The second kappa shape index (κ2) is 15.1. The zero-order valence-corrected chi connectivity index (χ0v) is 9.95. The van der Waals surface area contributed by atoms with E-state index in [-0.39, 0.29) is 6.61 Å². The van der Waals surface area contributed by atoms with Crippen molar-refractivity contribution in [3.8, 4) is 0 Å². The molecule has 8 N–H and O–H groups in total. The van der Waals surface area contributed by atoms with E-state index in [9.17, 15) is 0 Å². The van der Waals surface area contributed by atoms with Crippen LogP contribution in [0.3, 0.4) is 0 Å². The highest BCUT2D eigenvalue weighted by Crippen LogP contribution is 2.12. The molecular weight excluding hydrogens is 243 g/mol. The van der Waals surface area contributed by atoms with Crippen molar-refractivity contribution >= 4 is 8.60 Å². The molecule has 0 spiro atoms. The minimum absolute atomic E-state index is 0.250. The first-order valence-electron chi connectivity index (χ1n) is 4.30. The Hall–Kier alpha value is 0.110. The topological polar surface area (TPSA) is 162 Å². The van der Waals surface area contributed by atoms with Gasteiger partial charge in [-0.2, -0.15) is 0 Å². The molecule has 0 saturated carbocycles. The molecule has 0 aliphatic rings. The summed E-state index contributed by atoms with van der Waals surface area (Å²) in [6, 6.07) is 0. The van der Waals surface area contributed by atoms with Gasteiger partial charge in [0.2, 0.25) is 0 Å². The van der Waals surface area contributed by atoms with Crippen LogP contribution in [0.5, 0.6) is 0 Å². The molecule has 8 nitrogen and oxygen atoms in total. The highest BCUT2D eigenvalue weighted by Gasteiger charge is 2.26. The minimum Gasteiger partial charge on any atom is -0.397 e. The van der Waals surface area contributed by atoms with Gasteiger partial charge in [0.1, 0.15) is 0 Å². The Bertz CT molecular complexity index is 98.7. The van der Waals surface area contributed by atoms with Gasteiger partial charge in [-0.3, -0.25) is 0 Å². The molecule has 0 aliphatic heterocycles. The monoisotopic (exact) mass is 264 g/mol. The van der Waals surface area contributed by atoms with E-state index < -0.39 is 40.4 Å². The predicted molar refractivity (Wildman–Crippen MR) is 57.1 cm³/mol. The molecule has 16 heavy (non-hydrogen) atoms. The van der Waals surface area contributed by atoms with Crippen molar-refractivity contribution < 1.29 is 40.2 Å². The molecule has 0 aromatic heterocycles. The smallest absolute Gasteiger partial charge is 0.324 e. The van der Waals surface area contributed by atoms with Crippen molar-refractivity contribution in [3.05, 3.63) is 0 Å². The summed E-state index contributed by atoms with van der Waals surface area (Å²) in [5.41, 5.74) is -1.11. The van der Waals surface area contributed by atoms with Gasteiger partial charge in [-0.15, -0.1) is 0 Å². The average Bonchev–Trinajstić information content (AvgIpc) is 2.22. The summed E-state index contributed by atoms with van der Waals surface area (Å²) in [7, 11) is -2.62. The van der Waals surface area contributed by atoms with Gasteiger partial charge in [0.25, 0.3) is 0 Å². The highest BCUT2D eigenvalue weighted by molar-refractivity contribution is 7.38. The van der Waals surface area contributed by atoms with Crippen LogP contribution in [0.2, 0.25) is 0 Å². The molecule has 102 valence electrons. The second-order valence-corrected chi connectivity index (χ2v) is 3.25. The molecule has 0 unspecified atom stereocenters. The molecule has 0 aliphatic carbocycles. The van der Waals surface area contributed by atoms with E-state index in [1.165, 1.54) is 0 Å². The third-order valence-corrected chi connectivity index (χ3v) is 1.34. The summed E-state index contributed by atoms with van der Waals surface area (Å²) in [5.74, 6) is 0. The summed E-state index contributed by atoms with van der Waals surface area (Å²) < 4.78 is 0. The first kappa shape index (κ1) is 21.4. The standard InChI is InChI=1S/C5H12O4.C2H6O.H3O3P/c6-1-5(2-7,3-8)4-9;1-2-3;1-4(2)3/h6-9H,1-4H2;3H,2H2,1H3;1-3H. The lowest BCUT2D eigenvalue weighted by atomic mass is 9.93. The van der Waals surface area contributed by atoms with Gasteiger partial charge in [-0.25, -0.2) is 0 Å². The third-order valence-electron chi connectivity index (χ3n) is 1.34. The van der Waals surface area contributed by atoms with Crippen LogP contribution in [0.15, 0.2) is 0 Å². The first-order chi connectivity index (χ1) is 7.39. The van der Waals surface area contributed by atoms with E-state index >= 15 is 0 Å². The van der Waals surface area contributed by atoms with Crippen molar-refractivity contribution in [2.45, 2.75) is 6.92 Å². The summed E-state index contributed by atoms with van der Waals surface area (Å²) >= 11 is 0. The minimum atomic E-state index is -2.62. The van der Waals surface area contributed by atoms with Crippen LogP contribution in [0.1, 0.15) is 6.92 Å². The highest BCUT2D eigenvalue weighted by atomic mass is 31.2. The molecule has 0 heterocycles. The zero-order chi connectivity index (χ0) is 13.6. The number of hydrogen-bond acceptors (Lipinski definition) is 8. The van der Waals surface area contributed by atoms with E-state index in [1.807, 2.05) is 0 Å². The van der Waals surface area contributed by atoms with E-state index in [0.29, 0.717) is 0 Å². The Kier molecular flexibility index (Phi) is 20.2. The van der Waals surface area contributed by atoms with Gasteiger partial charge >= 0.3 is 8.60 Å². The number of hydrogen-bond donors (Lipinski definition) is 8. The fourth-order valence-corrected chi connectivity index (χ4v) is 0.300. The summed E-state index contributed by atoms with van der Waals surface area (Å²) in [6.45, 7) is 0.306. The molecule has 0 amide bonds. The van der Waals surface area contributed by atoms with Gasteiger partial charge in [0.15, 0.2) is 0 Å². The number of rotatable bonds is 4. The fraction of sp³-hybridized carbons (Fsp3) is 1.00. The molecule has 0 atom stereocenters. The Morgan fingerprint density at radius 2 is 0.875 bits per heavy atom. The molecule has 9 heteroatoms. The Morgan fingerprint density at radius 3 is 0.875 bits per heavy atom. The first-order valence-corrected chi connectivity index (χ1v) is 5.50. The molecule has 0 radical (unpaired) electrons. The van der Waals surface area contributed by atoms with Gasteiger partial charge in [-0.1, -0.05) is 0 Å². The maximum absolute atomic E-state index is 8.50. The van der Waals surface area contributed by atoms with Crippen LogP contribution in [-0.2, 0) is 0 Å². The molecule has 0 rings (SSSR count). The van der Waals surface area contributed by atoms with Crippen molar-refractivity contribution in [3.63, 3.8) is 0 Å². The molecule has 0 bridgehead atoms. The summed E-state index contributed by atoms with van der Waals surface area (Å²) in [6.07, 6.45) is 0. The molecular formula is C7H21O8P. The van der Waals surface area contributed by atoms with Crippen LogP contribution in [0, 0.1) is 5.41 Å². The maximum atomic E-state index is 8.50. The third kappa shape index (κ3) is 16.5. The van der Waals surface area contributed by atoms with Gasteiger partial charge in [-0.05, 0) is 6.92 Å². The van der Waals surface area contributed by atoms with E-state index in [2.05, 4.69) is 0 Å². The molecule has 0 aromatic rings. The van der Waals surface area contributed by atoms with E-state index in [1.54, 1.807) is 6.92 Å². The fourth-order valence-electron chi connectivity index (χ4n) is 0.300. The summed E-state index contributed by atoms with van der Waals surface area (Å²) in [4.78, 5) is 21.7. The lowest BCUT2D eigenvalue weighted by Crippen LogP contribution is -2.37. The molecule has 0 fully saturated rings. The number of aliphatic hydroxyl groups excluding tert-OH is 5. The lowest BCUT2D eigenvalue weighted by molar-refractivity contribution is -0.0328. The largest absolute Gasteiger partial charge is 0.397 e. The zero-order valence-electron chi connectivity index (χ0n) is 9.06.